The first kappa shape index (κ1) is 19.4. The van der Waals surface area contributed by atoms with Crippen LogP contribution in [0.5, 0.6) is 0 Å². The van der Waals surface area contributed by atoms with Crippen LogP contribution in [0.25, 0.3) is 10.9 Å². The fourth-order valence-electron chi connectivity index (χ4n) is 3.52. The Morgan fingerprint density at radius 2 is 1.72 bits per heavy atom. The molecule has 1 aromatic heterocycles. The van der Waals surface area contributed by atoms with Crippen LogP contribution in [0, 0.1) is 6.92 Å². The number of carbonyl (C=O) groups excluding carboxylic acids is 1. The number of hydrogen-bond acceptors (Lipinski definition) is 4. The first-order chi connectivity index (χ1) is 13.8. The third kappa shape index (κ3) is 3.81. The molecule has 0 bridgehead atoms. The first-order valence-corrected chi connectivity index (χ1v) is 10.8. The van der Waals surface area contributed by atoms with Gasteiger partial charge in [-0.2, -0.15) is 4.31 Å². The molecule has 0 spiro atoms. The van der Waals surface area contributed by atoms with Crippen molar-refractivity contribution in [1.82, 2.24) is 9.29 Å². The second-order valence-electron chi connectivity index (χ2n) is 7.17. The molecule has 2 N–H and O–H groups in total. The molecule has 0 atom stereocenters. The Morgan fingerprint density at radius 1 is 1.03 bits per heavy atom. The van der Waals surface area contributed by atoms with Crippen molar-refractivity contribution in [3.05, 3.63) is 70.0 Å². The Hall–Kier alpha value is -2.97. The summed E-state index contributed by atoms with van der Waals surface area (Å²) in [6, 6.07) is 12.5. The van der Waals surface area contributed by atoms with Crippen molar-refractivity contribution >= 4 is 32.5 Å². The van der Waals surface area contributed by atoms with E-state index in [9.17, 15) is 18.0 Å². The van der Waals surface area contributed by atoms with Gasteiger partial charge in [0.2, 0.25) is 10.0 Å². The summed E-state index contributed by atoms with van der Waals surface area (Å²) in [6.45, 7) is 2.88. The molecule has 1 aliphatic heterocycles. The largest absolute Gasteiger partial charge is 0.358 e. The summed E-state index contributed by atoms with van der Waals surface area (Å²) in [5.41, 5.74) is 2.17. The van der Waals surface area contributed by atoms with Crippen molar-refractivity contribution in [1.29, 1.82) is 0 Å². The Labute approximate surface area is 168 Å². The molecule has 0 saturated carbocycles. The molecule has 1 fully saturated rings. The number of H-pyrrole nitrogens is 1. The summed E-state index contributed by atoms with van der Waals surface area (Å²) in [6.07, 6.45) is 1.74. The van der Waals surface area contributed by atoms with Crippen molar-refractivity contribution in [2.24, 2.45) is 0 Å². The number of fused-ring (bicyclic) bond motifs is 1. The van der Waals surface area contributed by atoms with Crippen LogP contribution < -0.4 is 10.7 Å². The van der Waals surface area contributed by atoms with Crippen molar-refractivity contribution < 1.29 is 13.2 Å². The number of aryl methyl sites for hydroxylation is 1. The van der Waals surface area contributed by atoms with Crippen LogP contribution in [0.15, 0.2) is 58.2 Å². The number of carbonyl (C=O) groups is 1. The van der Waals surface area contributed by atoms with E-state index in [0.29, 0.717) is 35.2 Å². The standard InChI is InChI=1S/C21H21N3O4S/c1-14-12-20(25)18-13-16(6-9-19(18)22-14)23-21(26)15-4-7-17(8-5-15)29(27,28)24-10-2-3-11-24/h4-9,12-13H,2-3,10-11H2,1H3,(H,22,25)(H,23,26). The van der Waals surface area contributed by atoms with Gasteiger partial charge in [-0.3, -0.25) is 9.59 Å². The highest BCUT2D eigenvalue weighted by Gasteiger charge is 2.27. The molecule has 0 aliphatic carbocycles. The third-order valence-electron chi connectivity index (χ3n) is 5.04. The van der Waals surface area contributed by atoms with Gasteiger partial charge in [0.15, 0.2) is 5.43 Å². The fourth-order valence-corrected chi connectivity index (χ4v) is 5.03. The number of rotatable bonds is 4. The van der Waals surface area contributed by atoms with Crippen molar-refractivity contribution in [3.8, 4) is 0 Å². The highest BCUT2D eigenvalue weighted by Crippen LogP contribution is 2.22. The molecule has 4 rings (SSSR count). The normalized spacial score (nSPS) is 14.9. The minimum atomic E-state index is -3.51. The molecular weight excluding hydrogens is 390 g/mol. The summed E-state index contributed by atoms with van der Waals surface area (Å²) in [4.78, 5) is 28.0. The van der Waals surface area contributed by atoms with E-state index >= 15 is 0 Å². The van der Waals surface area contributed by atoms with Crippen molar-refractivity contribution in [2.45, 2.75) is 24.7 Å². The predicted molar refractivity (Wildman–Crippen MR) is 112 cm³/mol. The SMILES string of the molecule is Cc1cc(=O)c2cc(NC(=O)c3ccc(S(=O)(=O)N4CCCC4)cc3)ccc2[nH]1. The average Bonchev–Trinajstić information content (AvgIpc) is 3.24. The molecule has 1 aliphatic rings. The Morgan fingerprint density at radius 3 is 2.41 bits per heavy atom. The molecule has 2 heterocycles. The monoisotopic (exact) mass is 411 g/mol. The third-order valence-corrected chi connectivity index (χ3v) is 6.95. The number of pyridine rings is 1. The van der Waals surface area contributed by atoms with Crippen LogP contribution in [-0.4, -0.2) is 36.7 Å². The van der Waals surface area contributed by atoms with E-state index in [0.717, 1.165) is 18.5 Å². The quantitative estimate of drug-likeness (QED) is 0.690. The number of nitrogens with one attached hydrogen (secondary N) is 2. The maximum absolute atomic E-state index is 12.6. The summed E-state index contributed by atoms with van der Waals surface area (Å²) in [7, 11) is -3.51. The number of hydrogen-bond donors (Lipinski definition) is 2. The van der Waals surface area contributed by atoms with E-state index in [1.807, 2.05) is 6.92 Å². The van der Waals surface area contributed by atoms with E-state index in [1.165, 1.54) is 34.6 Å². The Kier molecular flexibility index (Phi) is 4.97. The van der Waals surface area contributed by atoms with Gasteiger partial charge >= 0.3 is 0 Å². The van der Waals surface area contributed by atoms with Crippen LogP contribution in [0.2, 0.25) is 0 Å². The molecule has 7 nitrogen and oxygen atoms in total. The zero-order chi connectivity index (χ0) is 20.6. The topological polar surface area (TPSA) is 99.3 Å². The van der Waals surface area contributed by atoms with Gasteiger partial charge in [-0.1, -0.05) is 0 Å². The number of sulfonamides is 1. The van der Waals surface area contributed by atoms with Crippen molar-refractivity contribution in [3.63, 3.8) is 0 Å². The predicted octanol–water partition coefficient (Wildman–Crippen LogP) is 2.87. The van der Waals surface area contributed by atoms with Gasteiger partial charge in [-0.05, 0) is 62.2 Å². The van der Waals surface area contributed by atoms with Crippen LogP contribution in [-0.2, 0) is 10.0 Å². The van der Waals surface area contributed by atoms with E-state index in [-0.39, 0.29) is 16.2 Å². The number of aromatic amines is 1. The first-order valence-electron chi connectivity index (χ1n) is 9.40. The van der Waals surface area contributed by atoms with Gasteiger partial charge in [0.05, 0.1) is 4.90 Å². The van der Waals surface area contributed by atoms with Crippen LogP contribution in [0.4, 0.5) is 5.69 Å². The second kappa shape index (κ2) is 7.46. The van der Waals surface area contributed by atoms with Gasteiger partial charge in [0.25, 0.3) is 5.91 Å². The Balaban J connectivity index is 1.54. The molecule has 1 saturated heterocycles. The number of nitrogens with zero attached hydrogens (tertiary/aromatic N) is 1. The lowest BCUT2D eigenvalue weighted by Gasteiger charge is -2.15. The minimum absolute atomic E-state index is 0.121. The molecule has 1 amide bonds. The highest BCUT2D eigenvalue weighted by molar-refractivity contribution is 7.89. The lowest BCUT2D eigenvalue weighted by Crippen LogP contribution is -2.27. The van der Waals surface area contributed by atoms with Crippen molar-refractivity contribution in [2.75, 3.05) is 18.4 Å². The van der Waals surface area contributed by atoms with Gasteiger partial charge in [-0.25, -0.2) is 8.42 Å². The smallest absolute Gasteiger partial charge is 0.255 e. The lowest BCUT2D eigenvalue weighted by atomic mass is 10.1. The van der Waals surface area contributed by atoms with Gasteiger partial charge in [-0.15, -0.1) is 0 Å². The zero-order valence-electron chi connectivity index (χ0n) is 15.9. The number of amides is 1. The number of benzene rings is 2. The van der Waals surface area contributed by atoms with E-state index in [2.05, 4.69) is 10.3 Å². The molecule has 3 aromatic rings. The molecule has 150 valence electrons. The van der Waals surface area contributed by atoms with Gasteiger partial charge in [0, 0.05) is 47.0 Å². The number of anilines is 1. The Bertz CT molecular complexity index is 1240. The zero-order valence-corrected chi connectivity index (χ0v) is 16.8. The summed E-state index contributed by atoms with van der Waals surface area (Å²) < 4.78 is 26.6. The molecule has 0 unspecified atom stereocenters. The van der Waals surface area contributed by atoms with E-state index in [4.69, 9.17) is 0 Å². The van der Waals surface area contributed by atoms with Crippen LogP contribution in [0.3, 0.4) is 0 Å². The second-order valence-corrected chi connectivity index (χ2v) is 9.10. The van der Waals surface area contributed by atoms with E-state index < -0.39 is 10.0 Å². The molecule has 2 aromatic carbocycles. The molecule has 29 heavy (non-hydrogen) atoms. The average molecular weight is 411 g/mol. The molecular formula is C21H21N3O4S. The van der Waals surface area contributed by atoms with Crippen LogP contribution >= 0.6 is 0 Å². The number of aromatic nitrogens is 1. The fraction of sp³-hybridized carbons (Fsp3) is 0.238. The maximum Gasteiger partial charge on any atom is 0.255 e. The summed E-state index contributed by atoms with van der Waals surface area (Å²) in [5, 5.41) is 3.24. The summed E-state index contributed by atoms with van der Waals surface area (Å²) in [5.74, 6) is -0.377. The van der Waals surface area contributed by atoms with Crippen LogP contribution in [0.1, 0.15) is 28.9 Å². The lowest BCUT2D eigenvalue weighted by molar-refractivity contribution is 0.102. The van der Waals surface area contributed by atoms with Gasteiger partial charge < -0.3 is 10.3 Å². The maximum atomic E-state index is 12.6. The highest BCUT2D eigenvalue weighted by atomic mass is 32.2. The summed E-state index contributed by atoms with van der Waals surface area (Å²) >= 11 is 0. The minimum Gasteiger partial charge on any atom is -0.358 e. The van der Waals surface area contributed by atoms with Gasteiger partial charge in [0.1, 0.15) is 0 Å². The molecule has 0 radical (unpaired) electrons. The molecule has 8 heteroatoms. The van der Waals surface area contributed by atoms with E-state index in [1.54, 1.807) is 18.2 Å².